The fourth-order valence-corrected chi connectivity index (χ4v) is 7.86. The van der Waals surface area contributed by atoms with Gasteiger partial charge in [-0.05, 0) is 25.2 Å². The van der Waals surface area contributed by atoms with Crippen LogP contribution in [0.4, 0.5) is 0 Å². The molecular formula is C52H100O6. The molecule has 1 atom stereocenters. The number of unbranched alkanes of at least 4 members (excludes halogenated alkanes) is 34. The Labute approximate surface area is 361 Å². The molecular weight excluding hydrogens is 721 g/mol. The van der Waals surface area contributed by atoms with Gasteiger partial charge in [-0.2, -0.15) is 0 Å². The van der Waals surface area contributed by atoms with Gasteiger partial charge in [0.25, 0.3) is 0 Å². The largest absolute Gasteiger partial charge is 0.462 e. The Bertz CT molecular complexity index is 872. The van der Waals surface area contributed by atoms with Crippen LogP contribution in [0.25, 0.3) is 0 Å². The van der Waals surface area contributed by atoms with Crippen molar-refractivity contribution in [3.05, 3.63) is 0 Å². The van der Waals surface area contributed by atoms with Crippen LogP contribution in [0.2, 0.25) is 0 Å². The molecule has 0 aromatic heterocycles. The smallest absolute Gasteiger partial charge is 0.306 e. The van der Waals surface area contributed by atoms with Crippen LogP contribution in [0.15, 0.2) is 0 Å². The maximum Gasteiger partial charge on any atom is 0.306 e. The summed E-state index contributed by atoms with van der Waals surface area (Å²) in [6, 6.07) is 0. The third-order valence-electron chi connectivity index (χ3n) is 11.8. The van der Waals surface area contributed by atoms with Crippen molar-refractivity contribution < 1.29 is 28.6 Å². The molecule has 6 nitrogen and oxygen atoms in total. The van der Waals surface area contributed by atoms with Crippen molar-refractivity contribution in [2.45, 2.75) is 297 Å². The summed E-state index contributed by atoms with van der Waals surface area (Å²) in [6.45, 7) is 8.98. The summed E-state index contributed by atoms with van der Waals surface area (Å²) < 4.78 is 16.8. The van der Waals surface area contributed by atoms with Crippen LogP contribution in [0.3, 0.4) is 0 Å². The predicted octanol–water partition coefficient (Wildman–Crippen LogP) is 16.7. The number of carbonyl (C=O) groups is 3. The van der Waals surface area contributed by atoms with E-state index in [2.05, 4.69) is 27.7 Å². The predicted molar refractivity (Wildman–Crippen MR) is 247 cm³/mol. The second kappa shape index (κ2) is 46.5. The van der Waals surface area contributed by atoms with Crippen molar-refractivity contribution in [2.24, 2.45) is 5.92 Å². The summed E-state index contributed by atoms with van der Waals surface area (Å²) in [5.74, 6) is -0.0560. The zero-order chi connectivity index (χ0) is 42.4. The van der Waals surface area contributed by atoms with Gasteiger partial charge in [-0.15, -0.1) is 0 Å². The Morgan fingerprint density at radius 2 is 0.569 bits per heavy atom. The van der Waals surface area contributed by atoms with E-state index in [1.54, 1.807) is 0 Å². The molecule has 0 saturated carbocycles. The first-order valence-corrected chi connectivity index (χ1v) is 25.9. The SMILES string of the molecule is CCCCCCCCCCCCCCCCCCCCCC(=O)OC[C@H](COC(=O)CCCCCCCCCCCC)OC(=O)CCCCCCCCCCC(C)C. The maximum atomic E-state index is 12.7. The van der Waals surface area contributed by atoms with Gasteiger partial charge >= 0.3 is 17.9 Å². The zero-order valence-electron chi connectivity index (χ0n) is 39.5. The van der Waals surface area contributed by atoms with Crippen LogP contribution < -0.4 is 0 Å². The van der Waals surface area contributed by atoms with Crippen molar-refractivity contribution >= 4 is 17.9 Å². The van der Waals surface area contributed by atoms with Crippen molar-refractivity contribution in [2.75, 3.05) is 13.2 Å². The molecule has 58 heavy (non-hydrogen) atoms. The van der Waals surface area contributed by atoms with E-state index in [0.29, 0.717) is 19.3 Å². The highest BCUT2D eigenvalue weighted by molar-refractivity contribution is 5.71. The number of ether oxygens (including phenoxy) is 3. The van der Waals surface area contributed by atoms with Gasteiger partial charge in [0.15, 0.2) is 6.10 Å². The van der Waals surface area contributed by atoms with E-state index in [4.69, 9.17) is 14.2 Å². The monoisotopic (exact) mass is 821 g/mol. The van der Waals surface area contributed by atoms with Crippen molar-refractivity contribution in [3.8, 4) is 0 Å². The Morgan fingerprint density at radius 3 is 0.845 bits per heavy atom. The molecule has 0 heterocycles. The van der Waals surface area contributed by atoms with Gasteiger partial charge in [0.2, 0.25) is 0 Å². The van der Waals surface area contributed by atoms with Gasteiger partial charge < -0.3 is 14.2 Å². The number of esters is 3. The molecule has 0 amide bonds. The maximum absolute atomic E-state index is 12.7. The third-order valence-corrected chi connectivity index (χ3v) is 11.8. The molecule has 0 aromatic carbocycles. The standard InChI is InChI=1S/C52H100O6/c1-5-7-9-11-13-15-17-18-19-20-21-22-23-24-25-27-32-36-40-44-51(54)57-47-49(46-56-50(53)43-39-35-31-26-16-14-12-10-8-6-2)58-52(55)45-41-37-33-29-28-30-34-38-42-48(3)4/h48-49H,5-47H2,1-4H3/t49-/m0/s1. The first-order chi connectivity index (χ1) is 28.4. The number of hydrogen-bond acceptors (Lipinski definition) is 6. The Morgan fingerprint density at radius 1 is 0.328 bits per heavy atom. The minimum absolute atomic E-state index is 0.0634. The summed E-state index contributed by atoms with van der Waals surface area (Å²) >= 11 is 0. The Hall–Kier alpha value is -1.59. The lowest BCUT2D eigenvalue weighted by atomic mass is 10.0. The molecule has 0 aromatic rings. The van der Waals surface area contributed by atoms with E-state index in [-0.39, 0.29) is 31.1 Å². The minimum atomic E-state index is -0.760. The normalized spacial score (nSPS) is 11.9. The van der Waals surface area contributed by atoms with E-state index in [1.165, 1.54) is 186 Å². The van der Waals surface area contributed by atoms with E-state index < -0.39 is 6.10 Å². The van der Waals surface area contributed by atoms with Gasteiger partial charge in [0, 0.05) is 19.3 Å². The van der Waals surface area contributed by atoms with Crippen LogP contribution in [-0.2, 0) is 28.6 Å². The van der Waals surface area contributed by atoms with Gasteiger partial charge in [-0.1, -0.05) is 252 Å². The highest BCUT2D eigenvalue weighted by Gasteiger charge is 2.19. The summed E-state index contributed by atoms with van der Waals surface area (Å²) in [4.78, 5) is 37.8. The zero-order valence-corrected chi connectivity index (χ0v) is 39.5. The molecule has 0 aliphatic heterocycles. The summed E-state index contributed by atoms with van der Waals surface area (Å²) in [7, 11) is 0. The molecule has 0 unspecified atom stereocenters. The van der Waals surface area contributed by atoms with Gasteiger partial charge in [0.1, 0.15) is 13.2 Å². The number of carbonyl (C=O) groups excluding carboxylic acids is 3. The van der Waals surface area contributed by atoms with Crippen LogP contribution in [0.5, 0.6) is 0 Å². The van der Waals surface area contributed by atoms with Crippen LogP contribution in [0.1, 0.15) is 291 Å². The average Bonchev–Trinajstić information content (AvgIpc) is 3.21. The molecule has 0 rings (SSSR count). The summed E-state index contributed by atoms with van der Waals surface area (Å²) in [5, 5.41) is 0. The summed E-state index contributed by atoms with van der Waals surface area (Å²) in [5.41, 5.74) is 0. The van der Waals surface area contributed by atoms with E-state index in [0.717, 1.165) is 63.7 Å². The molecule has 0 aliphatic carbocycles. The van der Waals surface area contributed by atoms with Crippen molar-refractivity contribution in [3.63, 3.8) is 0 Å². The molecule has 344 valence electrons. The second-order valence-corrected chi connectivity index (χ2v) is 18.3. The fraction of sp³-hybridized carbons (Fsp3) is 0.942. The molecule has 6 heteroatoms. The average molecular weight is 821 g/mol. The summed E-state index contributed by atoms with van der Waals surface area (Å²) in [6.07, 6.45) is 48.1. The van der Waals surface area contributed by atoms with Crippen LogP contribution in [0, 0.1) is 5.92 Å². The molecule has 0 spiro atoms. The van der Waals surface area contributed by atoms with E-state index >= 15 is 0 Å². The Balaban J connectivity index is 4.21. The van der Waals surface area contributed by atoms with Crippen LogP contribution >= 0.6 is 0 Å². The van der Waals surface area contributed by atoms with E-state index in [9.17, 15) is 14.4 Å². The molecule has 0 N–H and O–H groups in total. The van der Waals surface area contributed by atoms with Crippen LogP contribution in [-0.4, -0.2) is 37.2 Å². The lowest BCUT2D eigenvalue weighted by Gasteiger charge is -2.18. The molecule has 0 aliphatic rings. The fourth-order valence-electron chi connectivity index (χ4n) is 7.86. The number of hydrogen-bond donors (Lipinski definition) is 0. The molecule has 0 saturated heterocycles. The first kappa shape index (κ1) is 56.4. The third kappa shape index (κ3) is 45.5. The van der Waals surface area contributed by atoms with E-state index in [1.807, 2.05) is 0 Å². The quantitative estimate of drug-likeness (QED) is 0.0346. The number of rotatable bonds is 47. The van der Waals surface area contributed by atoms with Gasteiger partial charge in [-0.3, -0.25) is 14.4 Å². The van der Waals surface area contributed by atoms with Gasteiger partial charge in [-0.25, -0.2) is 0 Å². The highest BCUT2D eigenvalue weighted by Crippen LogP contribution is 2.17. The lowest BCUT2D eigenvalue weighted by molar-refractivity contribution is -0.167. The molecule has 0 bridgehead atoms. The topological polar surface area (TPSA) is 78.9 Å². The molecule has 0 fully saturated rings. The lowest BCUT2D eigenvalue weighted by Crippen LogP contribution is -2.30. The second-order valence-electron chi connectivity index (χ2n) is 18.3. The van der Waals surface area contributed by atoms with Crippen molar-refractivity contribution in [1.29, 1.82) is 0 Å². The highest BCUT2D eigenvalue weighted by atomic mass is 16.6. The van der Waals surface area contributed by atoms with Gasteiger partial charge in [0.05, 0.1) is 0 Å². The minimum Gasteiger partial charge on any atom is -0.462 e. The molecule has 0 radical (unpaired) electrons. The Kier molecular flexibility index (Phi) is 45.2. The first-order valence-electron chi connectivity index (χ1n) is 25.9. The van der Waals surface area contributed by atoms with Crippen molar-refractivity contribution in [1.82, 2.24) is 0 Å².